The number of morpholine rings is 1. The topological polar surface area (TPSA) is 103 Å². The zero-order valence-corrected chi connectivity index (χ0v) is 15.2. The van der Waals surface area contributed by atoms with E-state index in [1.54, 1.807) is 0 Å². The van der Waals surface area contributed by atoms with Crippen LogP contribution in [0.25, 0.3) is 0 Å². The number of aromatic nitrogens is 2. The summed E-state index contributed by atoms with van der Waals surface area (Å²) in [4.78, 5) is 22.5. The number of nitrogens with one attached hydrogen (secondary N) is 2. The maximum absolute atomic E-state index is 12.8. The molecule has 1 aromatic carbocycles. The highest BCUT2D eigenvalue weighted by Crippen LogP contribution is 2.30. The van der Waals surface area contributed by atoms with Gasteiger partial charge in [-0.05, 0) is 18.2 Å². The van der Waals surface area contributed by atoms with Gasteiger partial charge in [-0.3, -0.25) is 4.79 Å². The number of nitriles is 1. The molecule has 1 aromatic heterocycles. The van der Waals surface area contributed by atoms with E-state index in [0.717, 1.165) is 12.1 Å². The predicted molar refractivity (Wildman–Crippen MR) is 98.3 cm³/mol. The van der Waals surface area contributed by atoms with E-state index in [9.17, 15) is 23.2 Å². The van der Waals surface area contributed by atoms with Crippen molar-refractivity contribution in [3.63, 3.8) is 0 Å². The molecule has 11 heteroatoms. The quantitative estimate of drug-likeness (QED) is 0.785. The van der Waals surface area contributed by atoms with Crippen LogP contribution in [0.15, 0.2) is 30.5 Å². The average Bonchev–Trinajstić information content (AvgIpc) is 2.72. The molecular formula is C18H17F3N6O2. The number of benzene rings is 1. The number of anilines is 3. The molecule has 2 N–H and O–H groups in total. The Bertz CT molecular complexity index is 923. The van der Waals surface area contributed by atoms with E-state index >= 15 is 0 Å². The van der Waals surface area contributed by atoms with Gasteiger partial charge in [0.05, 0.1) is 31.5 Å². The van der Waals surface area contributed by atoms with Gasteiger partial charge >= 0.3 is 6.18 Å². The molecule has 1 aliphatic rings. The summed E-state index contributed by atoms with van der Waals surface area (Å²) in [5, 5.41) is 14.3. The minimum atomic E-state index is -4.50. The number of rotatable bonds is 5. The van der Waals surface area contributed by atoms with E-state index in [1.165, 1.54) is 18.3 Å². The van der Waals surface area contributed by atoms with Crippen LogP contribution in [-0.2, 0) is 15.7 Å². The summed E-state index contributed by atoms with van der Waals surface area (Å²) >= 11 is 0. The molecule has 3 rings (SSSR count). The maximum atomic E-state index is 12.8. The summed E-state index contributed by atoms with van der Waals surface area (Å²) in [5.41, 5.74) is -0.696. The molecule has 152 valence electrons. The number of hydrogen-bond donors (Lipinski definition) is 2. The minimum absolute atomic E-state index is 0.0174. The first-order chi connectivity index (χ1) is 13.9. The van der Waals surface area contributed by atoms with Crippen molar-refractivity contribution in [3.8, 4) is 6.07 Å². The van der Waals surface area contributed by atoms with E-state index in [0.29, 0.717) is 32.3 Å². The van der Waals surface area contributed by atoms with Crippen molar-refractivity contribution in [1.82, 2.24) is 9.97 Å². The van der Waals surface area contributed by atoms with Crippen LogP contribution in [0.4, 0.5) is 30.6 Å². The van der Waals surface area contributed by atoms with Gasteiger partial charge in [0, 0.05) is 18.8 Å². The molecule has 2 aromatic rings. The Labute approximate surface area is 164 Å². The zero-order chi connectivity index (χ0) is 20.9. The lowest BCUT2D eigenvalue weighted by Gasteiger charge is -2.27. The van der Waals surface area contributed by atoms with Gasteiger partial charge in [0.2, 0.25) is 11.9 Å². The van der Waals surface area contributed by atoms with Crippen LogP contribution in [0.5, 0.6) is 0 Å². The van der Waals surface area contributed by atoms with Crippen LogP contribution < -0.4 is 15.5 Å². The van der Waals surface area contributed by atoms with Gasteiger partial charge in [-0.25, -0.2) is 4.98 Å². The third kappa shape index (κ3) is 5.32. The Morgan fingerprint density at radius 1 is 1.31 bits per heavy atom. The second-order valence-corrected chi connectivity index (χ2v) is 6.12. The van der Waals surface area contributed by atoms with Crippen LogP contribution in [-0.4, -0.2) is 48.7 Å². The molecule has 2 heterocycles. The third-order valence-electron chi connectivity index (χ3n) is 4.08. The fraction of sp³-hybridized carbons (Fsp3) is 0.333. The lowest BCUT2D eigenvalue weighted by molar-refractivity contribution is -0.137. The third-order valence-corrected chi connectivity index (χ3v) is 4.08. The van der Waals surface area contributed by atoms with Crippen LogP contribution in [0.1, 0.15) is 11.1 Å². The Morgan fingerprint density at radius 3 is 2.76 bits per heavy atom. The number of alkyl halides is 3. The average molecular weight is 406 g/mol. The molecule has 8 nitrogen and oxygen atoms in total. The van der Waals surface area contributed by atoms with Crippen molar-refractivity contribution in [3.05, 3.63) is 41.6 Å². The highest BCUT2D eigenvalue weighted by molar-refractivity contribution is 5.93. The number of ether oxygens (including phenoxy) is 1. The molecule has 1 amide bonds. The van der Waals surface area contributed by atoms with Gasteiger partial charge in [-0.15, -0.1) is 0 Å². The maximum Gasteiger partial charge on any atom is 0.416 e. The minimum Gasteiger partial charge on any atom is -0.378 e. The molecule has 0 spiro atoms. The van der Waals surface area contributed by atoms with Gasteiger partial charge in [-0.2, -0.15) is 23.4 Å². The fourth-order valence-electron chi connectivity index (χ4n) is 2.65. The van der Waals surface area contributed by atoms with Gasteiger partial charge in [-0.1, -0.05) is 6.07 Å². The summed E-state index contributed by atoms with van der Waals surface area (Å²) in [5.74, 6) is -0.0176. The van der Waals surface area contributed by atoms with Crippen molar-refractivity contribution in [2.24, 2.45) is 0 Å². The number of nitrogens with zero attached hydrogens (tertiary/aromatic N) is 4. The van der Waals surface area contributed by atoms with Crippen LogP contribution in [0.3, 0.4) is 0 Å². The monoisotopic (exact) mass is 406 g/mol. The van der Waals surface area contributed by atoms with E-state index in [2.05, 4.69) is 20.6 Å². The first kappa shape index (κ1) is 20.3. The van der Waals surface area contributed by atoms with Crippen molar-refractivity contribution in [2.45, 2.75) is 6.18 Å². The first-order valence-electron chi connectivity index (χ1n) is 8.67. The highest BCUT2D eigenvalue weighted by Gasteiger charge is 2.30. The summed E-state index contributed by atoms with van der Waals surface area (Å²) in [6.07, 6.45) is -3.15. The second kappa shape index (κ2) is 8.74. The van der Waals surface area contributed by atoms with Crippen molar-refractivity contribution >= 4 is 23.4 Å². The molecule has 0 saturated carbocycles. The summed E-state index contributed by atoms with van der Waals surface area (Å²) in [6.45, 7) is 1.98. The molecule has 1 aliphatic heterocycles. The highest BCUT2D eigenvalue weighted by atomic mass is 19.4. The standard InChI is InChI=1S/C18H17F3N6O2/c19-18(20,21)13-2-1-3-14(8-13)25-15(28)11-23-16-12(9-22)10-24-17(26-16)27-4-6-29-7-5-27/h1-3,8,10H,4-7,11H2,(H,25,28)(H,23,24,26). The number of hydrogen-bond acceptors (Lipinski definition) is 7. The lowest BCUT2D eigenvalue weighted by Crippen LogP contribution is -2.37. The number of carbonyl (C=O) groups excluding carboxylic acids is 1. The number of amides is 1. The fourth-order valence-corrected chi connectivity index (χ4v) is 2.65. The molecule has 1 fully saturated rings. The Balaban J connectivity index is 1.66. The normalized spacial score (nSPS) is 14.2. The Kier molecular flexibility index (Phi) is 6.13. The molecule has 0 aliphatic carbocycles. The van der Waals surface area contributed by atoms with E-state index < -0.39 is 17.6 Å². The SMILES string of the molecule is N#Cc1cnc(N2CCOCC2)nc1NCC(=O)Nc1cccc(C(F)(F)F)c1. The largest absolute Gasteiger partial charge is 0.416 e. The van der Waals surface area contributed by atoms with Crippen LogP contribution >= 0.6 is 0 Å². The summed E-state index contributed by atoms with van der Waals surface area (Å²) in [6, 6.07) is 6.26. The van der Waals surface area contributed by atoms with Gasteiger partial charge < -0.3 is 20.3 Å². The molecule has 0 bridgehead atoms. The van der Waals surface area contributed by atoms with E-state index in [1.807, 2.05) is 11.0 Å². The van der Waals surface area contributed by atoms with Crippen molar-refractivity contribution < 1.29 is 22.7 Å². The van der Waals surface area contributed by atoms with Crippen LogP contribution in [0.2, 0.25) is 0 Å². The molecule has 1 saturated heterocycles. The van der Waals surface area contributed by atoms with Gasteiger partial charge in [0.25, 0.3) is 0 Å². The molecule has 0 atom stereocenters. The molecule has 0 unspecified atom stereocenters. The smallest absolute Gasteiger partial charge is 0.378 e. The van der Waals surface area contributed by atoms with Gasteiger partial charge in [0.1, 0.15) is 17.5 Å². The number of carbonyl (C=O) groups is 1. The summed E-state index contributed by atoms with van der Waals surface area (Å²) in [7, 11) is 0. The molecular weight excluding hydrogens is 389 g/mol. The molecule has 0 radical (unpaired) electrons. The second-order valence-electron chi connectivity index (χ2n) is 6.12. The predicted octanol–water partition coefficient (Wildman–Crippen LogP) is 2.25. The Hall–Kier alpha value is -3.39. The van der Waals surface area contributed by atoms with E-state index in [-0.39, 0.29) is 23.6 Å². The van der Waals surface area contributed by atoms with Crippen LogP contribution in [0, 0.1) is 11.3 Å². The zero-order valence-electron chi connectivity index (χ0n) is 15.2. The molecule has 29 heavy (non-hydrogen) atoms. The van der Waals surface area contributed by atoms with E-state index in [4.69, 9.17) is 4.74 Å². The van der Waals surface area contributed by atoms with Gasteiger partial charge in [0.15, 0.2) is 0 Å². The Morgan fingerprint density at radius 2 is 2.07 bits per heavy atom. The lowest BCUT2D eigenvalue weighted by atomic mass is 10.2. The number of halogens is 3. The van der Waals surface area contributed by atoms with Crippen molar-refractivity contribution in [2.75, 3.05) is 48.4 Å². The summed E-state index contributed by atoms with van der Waals surface area (Å²) < 4.78 is 43.6. The first-order valence-corrected chi connectivity index (χ1v) is 8.67. The van der Waals surface area contributed by atoms with Crippen molar-refractivity contribution in [1.29, 1.82) is 5.26 Å².